The molecule has 128 valence electrons. The SMILES string of the molecule is CCC(=O)COc1cccc(N(C)c2nc(C)nc3ccccc23)c1. The largest absolute Gasteiger partial charge is 0.486 e. The van der Waals surface area contributed by atoms with Crippen LogP contribution in [-0.4, -0.2) is 29.4 Å². The highest BCUT2D eigenvalue weighted by molar-refractivity contribution is 5.91. The van der Waals surface area contributed by atoms with Gasteiger partial charge in [0, 0.05) is 30.6 Å². The first-order chi connectivity index (χ1) is 12.1. The second-order valence-electron chi connectivity index (χ2n) is 5.85. The van der Waals surface area contributed by atoms with Gasteiger partial charge in [0.15, 0.2) is 5.78 Å². The van der Waals surface area contributed by atoms with E-state index in [4.69, 9.17) is 4.74 Å². The zero-order chi connectivity index (χ0) is 17.8. The van der Waals surface area contributed by atoms with Crippen LogP contribution in [0, 0.1) is 6.92 Å². The third-order valence-electron chi connectivity index (χ3n) is 4.01. The van der Waals surface area contributed by atoms with E-state index in [1.54, 1.807) is 0 Å². The van der Waals surface area contributed by atoms with Gasteiger partial charge in [-0.15, -0.1) is 0 Å². The van der Waals surface area contributed by atoms with Crippen molar-refractivity contribution in [1.29, 1.82) is 0 Å². The molecule has 0 unspecified atom stereocenters. The third-order valence-corrected chi connectivity index (χ3v) is 4.01. The Morgan fingerprint density at radius 1 is 1.12 bits per heavy atom. The molecule has 0 saturated heterocycles. The molecule has 1 heterocycles. The Labute approximate surface area is 147 Å². The minimum absolute atomic E-state index is 0.0798. The van der Waals surface area contributed by atoms with Gasteiger partial charge in [-0.1, -0.05) is 25.1 Å². The summed E-state index contributed by atoms with van der Waals surface area (Å²) in [5.74, 6) is 2.31. The second-order valence-corrected chi connectivity index (χ2v) is 5.85. The van der Waals surface area contributed by atoms with Crippen molar-refractivity contribution in [3.63, 3.8) is 0 Å². The van der Waals surface area contributed by atoms with Gasteiger partial charge < -0.3 is 9.64 Å². The first-order valence-corrected chi connectivity index (χ1v) is 8.30. The van der Waals surface area contributed by atoms with Gasteiger partial charge in [0.25, 0.3) is 0 Å². The molecule has 0 saturated carbocycles. The summed E-state index contributed by atoms with van der Waals surface area (Å²) in [5.41, 5.74) is 1.85. The molecule has 0 atom stereocenters. The highest BCUT2D eigenvalue weighted by atomic mass is 16.5. The molecule has 0 spiro atoms. The van der Waals surface area contributed by atoms with Gasteiger partial charge in [-0.3, -0.25) is 4.79 Å². The zero-order valence-corrected chi connectivity index (χ0v) is 14.7. The lowest BCUT2D eigenvalue weighted by molar-refractivity contribution is -0.120. The molecule has 5 heteroatoms. The number of rotatable bonds is 6. The summed E-state index contributed by atoms with van der Waals surface area (Å²) in [6.45, 7) is 3.82. The van der Waals surface area contributed by atoms with E-state index >= 15 is 0 Å². The maximum atomic E-state index is 11.5. The number of hydrogen-bond acceptors (Lipinski definition) is 5. The quantitative estimate of drug-likeness (QED) is 0.680. The molecule has 5 nitrogen and oxygen atoms in total. The number of ketones is 1. The summed E-state index contributed by atoms with van der Waals surface area (Å²) in [4.78, 5) is 22.6. The van der Waals surface area contributed by atoms with Crippen molar-refractivity contribution >= 4 is 28.2 Å². The predicted octanol–water partition coefficient (Wildman–Crippen LogP) is 4.06. The van der Waals surface area contributed by atoms with E-state index in [1.807, 2.05) is 74.3 Å². The summed E-state index contributed by atoms with van der Waals surface area (Å²) >= 11 is 0. The summed E-state index contributed by atoms with van der Waals surface area (Å²) in [6, 6.07) is 15.6. The number of aryl methyl sites for hydroxylation is 1. The Morgan fingerprint density at radius 3 is 2.72 bits per heavy atom. The van der Waals surface area contributed by atoms with Crippen LogP contribution in [-0.2, 0) is 4.79 Å². The van der Waals surface area contributed by atoms with E-state index in [0.717, 1.165) is 28.2 Å². The van der Waals surface area contributed by atoms with Crippen molar-refractivity contribution in [2.75, 3.05) is 18.6 Å². The molecule has 3 aromatic rings. The predicted molar refractivity (Wildman–Crippen MR) is 99.6 cm³/mol. The van der Waals surface area contributed by atoms with Crippen LogP contribution < -0.4 is 9.64 Å². The molecule has 2 aromatic carbocycles. The molecule has 3 rings (SSSR count). The monoisotopic (exact) mass is 335 g/mol. The Balaban J connectivity index is 1.93. The van der Waals surface area contributed by atoms with Gasteiger partial charge in [0.05, 0.1) is 5.52 Å². The maximum Gasteiger partial charge on any atom is 0.169 e. The standard InChI is InChI=1S/C20H21N3O2/c1-4-16(24)13-25-17-9-7-8-15(12-17)23(3)20-18-10-5-6-11-19(18)21-14(2)22-20/h5-12H,4,13H2,1-3H3. The first-order valence-electron chi connectivity index (χ1n) is 8.30. The van der Waals surface area contributed by atoms with Crippen LogP contribution >= 0.6 is 0 Å². The molecular weight excluding hydrogens is 314 g/mol. The molecule has 25 heavy (non-hydrogen) atoms. The van der Waals surface area contributed by atoms with Gasteiger partial charge in [-0.2, -0.15) is 0 Å². The Bertz CT molecular complexity index is 908. The van der Waals surface area contributed by atoms with E-state index in [2.05, 4.69) is 9.97 Å². The summed E-state index contributed by atoms with van der Waals surface area (Å²) in [5, 5.41) is 0.989. The van der Waals surface area contributed by atoms with E-state index in [9.17, 15) is 4.79 Å². The fraction of sp³-hybridized carbons (Fsp3) is 0.250. The Kier molecular flexibility index (Phi) is 4.93. The van der Waals surface area contributed by atoms with Crippen LogP contribution in [0.2, 0.25) is 0 Å². The van der Waals surface area contributed by atoms with Crippen LogP contribution in [0.3, 0.4) is 0 Å². The van der Waals surface area contributed by atoms with Gasteiger partial charge in [0.1, 0.15) is 24.0 Å². The second kappa shape index (κ2) is 7.30. The summed E-state index contributed by atoms with van der Waals surface area (Å²) < 4.78 is 5.59. The number of carbonyl (C=O) groups is 1. The molecule has 0 fully saturated rings. The molecule has 0 amide bonds. The van der Waals surface area contributed by atoms with Crippen LogP contribution in [0.1, 0.15) is 19.2 Å². The van der Waals surface area contributed by atoms with Gasteiger partial charge in [-0.05, 0) is 31.2 Å². The number of ether oxygens (including phenoxy) is 1. The average Bonchev–Trinajstić information content (AvgIpc) is 2.65. The van der Waals surface area contributed by atoms with Crippen molar-refractivity contribution < 1.29 is 9.53 Å². The van der Waals surface area contributed by atoms with Crippen LogP contribution in [0.5, 0.6) is 5.75 Å². The van der Waals surface area contributed by atoms with Crippen molar-refractivity contribution in [1.82, 2.24) is 9.97 Å². The lowest BCUT2D eigenvalue weighted by Gasteiger charge is -2.21. The Morgan fingerprint density at radius 2 is 1.92 bits per heavy atom. The highest BCUT2D eigenvalue weighted by Gasteiger charge is 2.12. The lowest BCUT2D eigenvalue weighted by Crippen LogP contribution is -2.14. The molecule has 0 aliphatic heterocycles. The first kappa shape index (κ1) is 16.9. The van der Waals surface area contributed by atoms with E-state index < -0.39 is 0 Å². The van der Waals surface area contributed by atoms with Crippen molar-refractivity contribution in [3.8, 4) is 5.75 Å². The number of hydrogen-bond donors (Lipinski definition) is 0. The molecule has 0 N–H and O–H groups in total. The smallest absolute Gasteiger partial charge is 0.169 e. The molecule has 1 aromatic heterocycles. The van der Waals surface area contributed by atoms with Gasteiger partial charge in [-0.25, -0.2) is 9.97 Å². The van der Waals surface area contributed by atoms with Crippen LogP contribution in [0.25, 0.3) is 10.9 Å². The zero-order valence-electron chi connectivity index (χ0n) is 14.7. The molecular formula is C20H21N3O2. The number of aromatic nitrogens is 2. The van der Waals surface area contributed by atoms with E-state index in [-0.39, 0.29) is 12.4 Å². The molecule has 0 aliphatic rings. The normalized spacial score (nSPS) is 10.7. The number of carbonyl (C=O) groups excluding carboxylic acids is 1. The fourth-order valence-corrected chi connectivity index (χ4v) is 2.60. The van der Waals surface area contributed by atoms with Crippen LogP contribution in [0.4, 0.5) is 11.5 Å². The minimum Gasteiger partial charge on any atom is -0.486 e. The van der Waals surface area contributed by atoms with Gasteiger partial charge in [0.2, 0.25) is 0 Å². The number of benzene rings is 2. The lowest BCUT2D eigenvalue weighted by atomic mass is 10.2. The molecule has 0 bridgehead atoms. The highest BCUT2D eigenvalue weighted by Crippen LogP contribution is 2.30. The summed E-state index contributed by atoms with van der Waals surface area (Å²) in [6.07, 6.45) is 0.478. The van der Waals surface area contributed by atoms with Crippen molar-refractivity contribution in [2.24, 2.45) is 0 Å². The minimum atomic E-state index is 0.0798. The average molecular weight is 335 g/mol. The van der Waals surface area contributed by atoms with Crippen molar-refractivity contribution in [2.45, 2.75) is 20.3 Å². The third kappa shape index (κ3) is 3.76. The summed E-state index contributed by atoms with van der Waals surface area (Å²) in [7, 11) is 1.96. The Hall–Kier alpha value is -2.95. The molecule has 0 radical (unpaired) electrons. The van der Waals surface area contributed by atoms with E-state index in [0.29, 0.717) is 12.2 Å². The van der Waals surface area contributed by atoms with Crippen molar-refractivity contribution in [3.05, 3.63) is 54.4 Å². The number of nitrogens with zero attached hydrogens (tertiary/aromatic N) is 3. The number of para-hydroxylation sites is 1. The fourth-order valence-electron chi connectivity index (χ4n) is 2.60. The molecule has 0 aliphatic carbocycles. The number of Topliss-reactive ketones (excluding diaryl/α,β-unsaturated/α-hetero) is 1. The van der Waals surface area contributed by atoms with Gasteiger partial charge >= 0.3 is 0 Å². The topological polar surface area (TPSA) is 55.3 Å². The number of fused-ring (bicyclic) bond motifs is 1. The number of anilines is 2. The van der Waals surface area contributed by atoms with Crippen LogP contribution in [0.15, 0.2) is 48.5 Å². The van der Waals surface area contributed by atoms with E-state index in [1.165, 1.54) is 0 Å². The maximum absolute atomic E-state index is 11.5.